The van der Waals surface area contributed by atoms with Crippen LogP contribution >= 0.6 is 11.3 Å². The van der Waals surface area contributed by atoms with Crippen LogP contribution in [0.3, 0.4) is 0 Å². The molecule has 78 valence electrons. The number of hydrogen-bond acceptors (Lipinski definition) is 4. The van der Waals surface area contributed by atoms with Crippen LogP contribution in [0.4, 0.5) is 0 Å². The molecule has 2 N–H and O–H groups in total. The number of nitrogens with two attached hydrogens (primary N) is 1. The summed E-state index contributed by atoms with van der Waals surface area (Å²) in [7, 11) is 0. The topological polar surface area (TPSA) is 60.9 Å². The first-order valence-electron chi connectivity index (χ1n) is 4.61. The van der Waals surface area contributed by atoms with Crippen LogP contribution in [0.25, 0.3) is 0 Å². The second-order valence-electron chi connectivity index (χ2n) is 3.09. The molecule has 0 unspecified atom stereocenters. The molecule has 0 amide bonds. The summed E-state index contributed by atoms with van der Waals surface area (Å²) in [6.45, 7) is 1.23. The van der Waals surface area contributed by atoms with E-state index in [0.717, 1.165) is 0 Å². The summed E-state index contributed by atoms with van der Waals surface area (Å²) >= 11 is 1.42. The highest BCUT2D eigenvalue weighted by Crippen LogP contribution is 2.13. The Hall–Kier alpha value is -1.46. The average molecular weight is 221 g/mol. The highest BCUT2D eigenvalue weighted by molar-refractivity contribution is 7.12. The fraction of sp³-hybridized carbons (Fsp3) is 0.200. The fourth-order valence-corrected chi connectivity index (χ4v) is 1.96. The van der Waals surface area contributed by atoms with E-state index in [4.69, 9.17) is 5.73 Å². The third-order valence-electron chi connectivity index (χ3n) is 2.00. The standard InChI is InChI=1S/C10H11N3OS/c11-3-4-13-6-8(12-7-13)10(14)9-2-1-5-15-9/h1-2,5-7H,3-4,11H2. The molecule has 0 aliphatic rings. The van der Waals surface area contributed by atoms with Crippen molar-refractivity contribution in [2.45, 2.75) is 6.54 Å². The van der Waals surface area contributed by atoms with Gasteiger partial charge in [0.25, 0.3) is 0 Å². The Balaban J connectivity index is 2.19. The lowest BCUT2D eigenvalue weighted by Gasteiger charge is -1.95. The Morgan fingerprint density at radius 1 is 1.60 bits per heavy atom. The fourth-order valence-electron chi connectivity index (χ4n) is 1.28. The summed E-state index contributed by atoms with van der Waals surface area (Å²) in [5, 5.41) is 1.88. The van der Waals surface area contributed by atoms with E-state index < -0.39 is 0 Å². The molecule has 0 bridgehead atoms. The van der Waals surface area contributed by atoms with Gasteiger partial charge >= 0.3 is 0 Å². The molecule has 15 heavy (non-hydrogen) atoms. The van der Waals surface area contributed by atoms with Crippen molar-refractivity contribution >= 4 is 17.1 Å². The van der Waals surface area contributed by atoms with Gasteiger partial charge in [-0.1, -0.05) is 6.07 Å². The number of imidazole rings is 1. The SMILES string of the molecule is NCCn1cnc(C(=O)c2cccs2)c1. The number of thiophene rings is 1. The van der Waals surface area contributed by atoms with E-state index in [9.17, 15) is 4.79 Å². The third-order valence-corrected chi connectivity index (χ3v) is 2.87. The van der Waals surface area contributed by atoms with E-state index in [2.05, 4.69) is 4.98 Å². The van der Waals surface area contributed by atoms with Gasteiger partial charge in [0.15, 0.2) is 0 Å². The molecule has 0 aliphatic heterocycles. The Bertz CT molecular complexity index is 447. The Kier molecular flexibility index (Phi) is 2.94. The molecule has 2 aromatic heterocycles. The molecule has 0 radical (unpaired) electrons. The highest BCUT2D eigenvalue weighted by Gasteiger charge is 2.12. The molecule has 0 aromatic carbocycles. The van der Waals surface area contributed by atoms with Crippen LogP contribution in [0, 0.1) is 0 Å². The summed E-state index contributed by atoms with van der Waals surface area (Å²) < 4.78 is 1.82. The number of rotatable bonds is 4. The Morgan fingerprint density at radius 3 is 3.13 bits per heavy atom. The lowest BCUT2D eigenvalue weighted by Crippen LogP contribution is -2.08. The van der Waals surface area contributed by atoms with Crippen molar-refractivity contribution in [2.75, 3.05) is 6.54 Å². The largest absolute Gasteiger partial charge is 0.335 e. The molecule has 0 fully saturated rings. The van der Waals surface area contributed by atoms with Gasteiger partial charge in [0, 0.05) is 19.3 Å². The molecule has 0 aliphatic carbocycles. The van der Waals surface area contributed by atoms with Gasteiger partial charge in [-0.15, -0.1) is 11.3 Å². The summed E-state index contributed by atoms with van der Waals surface area (Å²) in [6, 6.07) is 3.66. The maximum atomic E-state index is 11.8. The van der Waals surface area contributed by atoms with Crippen LogP contribution < -0.4 is 5.73 Å². The summed E-state index contributed by atoms with van der Waals surface area (Å²) in [4.78, 5) is 16.6. The van der Waals surface area contributed by atoms with Crippen molar-refractivity contribution in [1.29, 1.82) is 0 Å². The van der Waals surface area contributed by atoms with E-state index >= 15 is 0 Å². The molecule has 2 aromatic rings. The maximum absolute atomic E-state index is 11.8. The molecule has 0 saturated carbocycles. The van der Waals surface area contributed by atoms with Crippen molar-refractivity contribution in [3.05, 3.63) is 40.6 Å². The van der Waals surface area contributed by atoms with Crippen molar-refractivity contribution in [1.82, 2.24) is 9.55 Å². The van der Waals surface area contributed by atoms with Gasteiger partial charge in [0.05, 0.1) is 11.2 Å². The van der Waals surface area contributed by atoms with Crippen molar-refractivity contribution in [3.8, 4) is 0 Å². The van der Waals surface area contributed by atoms with Crippen molar-refractivity contribution in [3.63, 3.8) is 0 Å². The lowest BCUT2D eigenvalue weighted by atomic mass is 10.2. The minimum absolute atomic E-state index is 0.0271. The number of carbonyl (C=O) groups is 1. The first-order valence-corrected chi connectivity index (χ1v) is 5.49. The third kappa shape index (κ3) is 2.14. The molecule has 2 rings (SSSR count). The average Bonchev–Trinajstić information content (AvgIpc) is 2.87. The van der Waals surface area contributed by atoms with E-state index in [1.165, 1.54) is 11.3 Å². The zero-order valence-electron chi connectivity index (χ0n) is 8.09. The summed E-state index contributed by atoms with van der Waals surface area (Å²) in [5.41, 5.74) is 5.89. The van der Waals surface area contributed by atoms with Gasteiger partial charge in [-0.2, -0.15) is 0 Å². The van der Waals surface area contributed by atoms with Crippen LogP contribution in [-0.2, 0) is 6.54 Å². The molecular formula is C10H11N3OS. The van der Waals surface area contributed by atoms with Crippen LogP contribution in [0.5, 0.6) is 0 Å². The summed E-state index contributed by atoms with van der Waals surface area (Å²) in [6.07, 6.45) is 3.36. The van der Waals surface area contributed by atoms with Gasteiger partial charge in [0.1, 0.15) is 5.69 Å². The predicted octanol–water partition coefficient (Wildman–Crippen LogP) is 1.13. The second kappa shape index (κ2) is 4.37. The van der Waals surface area contributed by atoms with Gasteiger partial charge in [-0.05, 0) is 11.4 Å². The van der Waals surface area contributed by atoms with Gasteiger partial charge in [-0.3, -0.25) is 4.79 Å². The lowest BCUT2D eigenvalue weighted by molar-refractivity contribution is 0.103. The number of nitrogens with zero attached hydrogens (tertiary/aromatic N) is 2. The van der Waals surface area contributed by atoms with E-state index in [0.29, 0.717) is 23.7 Å². The van der Waals surface area contributed by atoms with Gasteiger partial charge in [-0.25, -0.2) is 4.98 Å². The van der Waals surface area contributed by atoms with Crippen LogP contribution in [0.15, 0.2) is 30.0 Å². The van der Waals surface area contributed by atoms with E-state index in [1.54, 1.807) is 18.6 Å². The smallest absolute Gasteiger partial charge is 0.222 e. The van der Waals surface area contributed by atoms with Crippen LogP contribution in [0.2, 0.25) is 0 Å². The minimum Gasteiger partial charge on any atom is -0.335 e. The molecule has 0 saturated heterocycles. The number of carbonyl (C=O) groups excluding carboxylic acids is 1. The van der Waals surface area contributed by atoms with E-state index in [-0.39, 0.29) is 5.78 Å². The summed E-state index contributed by atoms with van der Waals surface area (Å²) in [5.74, 6) is -0.0271. The molecule has 0 spiro atoms. The minimum atomic E-state index is -0.0271. The second-order valence-corrected chi connectivity index (χ2v) is 4.04. The molecule has 0 atom stereocenters. The number of hydrogen-bond donors (Lipinski definition) is 1. The normalized spacial score (nSPS) is 10.5. The zero-order chi connectivity index (χ0) is 10.7. The first kappa shape index (κ1) is 10.1. The van der Waals surface area contributed by atoms with E-state index in [1.807, 2.05) is 16.0 Å². The highest BCUT2D eigenvalue weighted by atomic mass is 32.1. The monoisotopic (exact) mass is 221 g/mol. The van der Waals surface area contributed by atoms with Crippen LogP contribution in [0.1, 0.15) is 15.4 Å². The number of ketones is 1. The molecular weight excluding hydrogens is 210 g/mol. The zero-order valence-corrected chi connectivity index (χ0v) is 8.91. The van der Waals surface area contributed by atoms with Gasteiger partial charge in [0.2, 0.25) is 5.78 Å². The van der Waals surface area contributed by atoms with Gasteiger partial charge < -0.3 is 10.3 Å². The predicted molar refractivity (Wildman–Crippen MR) is 59.0 cm³/mol. The Labute approximate surface area is 91.4 Å². The Morgan fingerprint density at radius 2 is 2.47 bits per heavy atom. The quantitative estimate of drug-likeness (QED) is 0.787. The molecule has 5 heteroatoms. The van der Waals surface area contributed by atoms with Crippen molar-refractivity contribution in [2.24, 2.45) is 5.73 Å². The maximum Gasteiger partial charge on any atom is 0.222 e. The first-order chi connectivity index (χ1) is 7.31. The van der Waals surface area contributed by atoms with Crippen molar-refractivity contribution < 1.29 is 4.79 Å². The molecule has 4 nitrogen and oxygen atoms in total. The number of aromatic nitrogens is 2. The van der Waals surface area contributed by atoms with Crippen LogP contribution in [-0.4, -0.2) is 21.9 Å². The molecule has 2 heterocycles.